The van der Waals surface area contributed by atoms with E-state index in [2.05, 4.69) is 11.9 Å². The molecule has 0 spiro atoms. The average Bonchev–Trinajstić information content (AvgIpc) is 3.13. The minimum Gasteiger partial charge on any atom is -0.427 e. The topological polar surface area (TPSA) is 42.1 Å². The summed E-state index contributed by atoms with van der Waals surface area (Å²) in [5.41, 5.74) is 1.06. The first kappa shape index (κ1) is 21.5. The van der Waals surface area contributed by atoms with Crippen LogP contribution in [0.15, 0.2) is 30.5 Å². The number of rotatable bonds is 15. The summed E-state index contributed by atoms with van der Waals surface area (Å²) in [5, 5.41) is 1.07. The third-order valence-corrected chi connectivity index (χ3v) is 5.24. The van der Waals surface area contributed by atoms with Crippen LogP contribution in [-0.2, 0) is 4.79 Å². The number of nitrogens with one attached hydrogen (secondary N) is 1. The van der Waals surface area contributed by atoms with E-state index in [0.717, 1.165) is 23.7 Å². The quantitative estimate of drug-likeness (QED) is 0.199. The third kappa shape index (κ3) is 9.12. The van der Waals surface area contributed by atoms with Gasteiger partial charge in [0.15, 0.2) is 0 Å². The molecule has 1 heterocycles. The van der Waals surface area contributed by atoms with Gasteiger partial charge in [-0.05, 0) is 30.7 Å². The molecule has 0 atom stereocenters. The molecule has 0 aliphatic rings. The van der Waals surface area contributed by atoms with Gasteiger partial charge in [-0.1, -0.05) is 84.0 Å². The van der Waals surface area contributed by atoms with Crippen LogP contribution in [-0.4, -0.2) is 11.0 Å². The van der Waals surface area contributed by atoms with E-state index in [-0.39, 0.29) is 5.97 Å². The van der Waals surface area contributed by atoms with E-state index in [9.17, 15) is 4.79 Å². The normalized spacial score (nSPS) is 11.1. The van der Waals surface area contributed by atoms with Crippen LogP contribution < -0.4 is 4.74 Å². The molecule has 0 bridgehead atoms. The summed E-state index contributed by atoms with van der Waals surface area (Å²) in [6, 6.07) is 7.69. The third-order valence-electron chi connectivity index (χ3n) is 5.24. The molecule has 0 fully saturated rings. The molecule has 0 radical (unpaired) electrons. The number of unbranched alkanes of at least 4 members (excludes halogenated alkanes) is 12. The van der Waals surface area contributed by atoms with E-state index in [1.807, 2.05) is 30.5 Å². The number of hydrogen-bond acceptors (Lipinski definition) is 2. The highest BCUT2D eigenvalue weighted by molar-refractivity contribution is 5.82. The average molecular weight is 372 g/mol. The minimum atomic E-state index is -0.118. The number of carbonyl (C=O) groups is 1. The summed E-state index contributed by atoms with van der Waals surface area (Å²) >= 11 is 0. The van der Waals surface area contributed by atoms with E-state index in [1.165, 1.54) is 70.6 Å². The molecule has 0 aliphatic carbocycles. The van der Waals surface area contributed by atoms with Gasteiger partial charge in [0.2, 0.25) is 0 Å². The Kier molecular flexibility index (Phi) is 10.7. The molecule has 1 aromatic carbocycles. The standard InChI is InChI=1S/C24H37NO2/c1-2-3-4-5-6-7-8-9-10-11-12-13-14-15-24(26)27-22-16-17-23-21(20-22)18-19-25-23/h16-20,25H,2-15H2,1H3. The first-order valence-electron chi connectivity index (χ1n) is 11.1. The first-order chi connectivity index (χ1) is 13.3. The van der Waals surface area contributed by atoms with Crippen LogP contribution in [0.3, 0.4) is 0 Å². The van der Waals surface area contributed by atoms with Crippen molar-refractivity contribution in [2.75, 3.05) is 0 Å². The number of aromatic amines is 1. The van der Waals surface area contributed by atoms with Crippen LogP contribution in [0, 0.1) is 0 Å². The molecule has 150 valence electrons. The lowest BCUT2D eigenvalue weighted by Gasteiger charge is -2.05. The van der Waals surface area contributed by atoms with Gasteiger partial charge in [-0.15, -0.1) is 0 Å². The van der Waals surface area contributed by atoms with Crippen LogP contribution in [0.1, 0.15) is 96.8 Å². The van der Waals surface area contributed by atoms with Crippen molar-refractivity contribution in [2.24, 2.45) is 0 Å². The zero-order valence-corrected chi connectivity index (χ0v) is 17.1. The molecular formula is C24H37NO2. The maximum Gasteiger partial charge on any atom is 0.311 e. The lowest BCUT2D eigenvalue weighted by molar-refractivity contribution is -0.134. The van der Waals surface area contributed by atoms with Crippen molar-refractivity contribution in [3.8, 4) is 5.75 Å². The van der Waals surface area contributed by atoms with Crippen LogP contribution >= 0.6 is 0 Å². The van der Waals surface area contributed by atoms with Crippen molar-refractivity contribution in [2.45, 2.75) is 96.8 Å². The van der Waals surface area contributed by atoms with Crippen molar-refractivity contribution in [1.29, 1.82) is 0 Å². The monoisotopic (exact) mass is 371 g/mol. The number of esters is 1. The van der Waals surface area contributed by atoms with Gasteiger partial charge in [0.1, 0.15) is 5.75 Å². The fourth-order valence-electron chi connectivity index (χ4n) is 3.56. The zero-order valence-electron chi connectivity index (χ0n) is 17.1. The van der Waals surface area contributed by atoms with Gasteiger partial charge < -0.3 is 9.72 Å². The van der Waals surface area contributed by atoms with Crippen LogP contribution in [0.2, 0.25) is 0 Å². The Balaban J connectivity index is 1.41. The second-order valence-electron chi connectivity index (χ2n) is 7.69. The Bertz CT molecular complexity index is 647. The molecule has 3 heteroatoms. The van der Waals surface area contributed by atoms with Crippen molar-refractivity contribution in [3.05, 3.63) is 30.5 Å². The largest absolute Gasteiger partial charge is 0.427 e. The highest BCUT2D eigenvalue weighted by atomic mass is 16.5. The summed E-state index contributed by atoms with van der Waals surface area (Å²) in [4.78, 5) is 15.1. The smallest absolute Gasteiger partial charge is 0.311 e. The van der Waals surface area contributed by atoms with Crippen LogP contribution in [0.5, 0.6) is 5.75 Å². The Morgan fingerprint density at radius 1 is 0.815 bits per heavy atom. The van der Waals surface area contributed by atoms with Gasteiger partial charge in [0.25, 0.3) is 0 Å². The van der Waals surface area contributed by atoms with E-state index >= 15 is 0 Å². The highest BCUT2D eigenvalue weighted by Gasteiger charge is 2.06. The Morgan fingerprint density at radius 3 is 2.04 bits per heavy atom. The predicted molar refractivity (Wildman–Crippen MR) is 114 cm³/mol. The number of hydrogen-bond donors (Lipinski definition) is 1. The van der Waals surface area contributed by atoms with Gasteiger partial charge >= 0.3 is 5.97 Å². The van der Waals surface area contributed by atoms with Crippen LogP contribution in [0.4, 0.5) is 0 Å². The van der Waals surface area contributed by atoms with E-state index < -0.39 is 0 Å². The Hall–Kier alpha value is -1.77. The number of fused-ring (bicyclic) bond motifs is 1. The van der Waals surface area contributed by atoms with Crippen LogP contribution in [0.25, 0.3) is 10.9 Å². The number of benzene rings is 1. The molecule has 1 aromatic heterocycles. The highest BCUT2D eigenvalue weighted by Crippen LogP contribution is 2.20. The van der Waals surface area contributed by atoms with Gasteiger partial charge in [-0.25, -0.2) is 0 Å². The second-order valence-corrected chi connectivity index (χ2v) is 7.69. The number of aromatic nitrogens is 1. The van der Waals surface area contributed by atoms with E-state index in [0.29, 0.717) is 12.2 Å². The SMILES string of the molecule is CCCCCCCCCCCCCCCC(=O)Oc1ccc2[nH]ccc2c1. The molecular weight excluding hydrogens is 334 g/mol. The summed E-state index contributed by atoms with van der Waals surface area (Å²) in [6.07, 6.45) is 19.5. The molecule has 27 heavy (non-hydrogen) atoms. The maximum atomic E-state index is 12.0. The fourth-order valence-corrected chi connectivity index (χ4v) is 3.56. The van der Waals surface area contributed by atoms with E-state index in [1.54, 1.807) is 0 Å². The zero-order chi connectivity index (χ0) is 19.2. The Morgan fingerprint density at radius 2 is 1.41 bits per heavy atom. The predicted octanol–water partition coefficient (Wildman–Crippen LogP) is 7.55. The maximum absolute atomic E-state index is 12.0. The number of H-pyrrole nitrogens is 1. The molecule has 0 saturated heterocycles. The second kappa shape index (κ2) is 13.4. The number of ether oxygens (including phenoxy) is 1. The molecule has 2 rings (SSSR count). The van der Waals surface area contributed by atoms with Gasteiger partial charge in [0, 0.05) is 23.5 Å². The van der Waals surface area contributed by atoms with Crippen molar-refractivity contribution >= 4 is 16.9 Å². The van der Waals surface area contributed by atoms with E-state index in [4.69, 9.17) is 4.74 Å². The molecule has 3 nitrogen and oxygen atoms in total. The molecule has 1 N–H and O–H groups in total. The summed E-state index contributed by atoms with van der Waals surface area (Å²) in [7, 11) is 0. The van der Waals surface area contributed by atoms with Gasteiger partial charge in [0.05, 0.1) is 0 Å². The number of carbonyl (C=O) groups excluding carboxylic acids is 1. The van der Waals surface area contributed by atoms with Crippen molar-refractivity contribution in [1.82, 2.24) is 4.98 Å². The van der Waals surface area contributed by atoms with Crippen molar-refractivity contribution in [3.63, 3.8) is 0 Å². The first-order valence-corrected chi connectivity index (χ1v) is 11.1. The molecule has 0 unspecified atom stereocenters. The van der Waals surface area contributed by atoms with Gasteiger partial charge in [-0.3, -0.25) is 4.79 Å². The molecule has 0 amide bonds. The molecule has 2 aromatic rings. The minimum absolute atomic E-state index is 0.118. The summed E-state index contributed by atoms with van der Waals surface area (Å²) in [6.45, 7) is 2.27. The summed E-state index contributed by atoms with van der Waals surface area (Å²) < 4.78 is 5.45. The summed E-state index contributed by atoms with van der Waals surface area (Å²) in [5.74, 6) is 0.523. The molecule has 0 aliphatic heterocycles. The fraction of sp³-hybridized carbons (Fsp3) is 0.625. The lowest BCUT2D eigenvalue weighted by Crippen LogP contribution is -2.07. The lowest BCUT2D eigenvalue weighted by atomic mass is 10.0. The Labute approximate surface area is 164 Å². The van der Waals surface area contributed by atoms with Crippen molar-refractivity contribution < 1.29 is 9.53 Å². The van der Waals surface area contributed by atoms with Gasteiger partial charge in [-0.2, -0.15) is 0 Å². The molecule has 0 saturated carbocycles.